The monoisotopic (exact) mass is 529 g/mol. The average molecular weight is 530 g/mol. The number of rotatable bonds is 8. The van der Waals surface area contributed by atoms with Crippen LogP contribution in [0.15, 0.2) is 53.7 Å². The minimum Gasteiger partial charge on any atom is -0.454 e. The normalized spacial score (nSPS) is 14.7. The van der Waals surface area contributed by atoms with Crippen molar-refractivity contribution in [1.82, 2.24) is 25.6 Å². The number of carbonyl (C=O) groups excluding carboxylic acids is 2. The average Bonchev–Trinajstić information content (AvgIpc) is 3.60. The summed E-state index contributed by atoms with van der Waals surface area (Å²) in [4.78, 5) is 36.6. The Hall–Kier alpha value is -3.44. The van der Waals surface area contributed by atoms with E-state index in [1.54, 1.807) is 25.1 Å². The lowest BCUT2D eigenvalue weighted by Crippen LogP contribution is -2.48. The van der Waals surface area contributed by atoms with Crippen LogP contribution in [0, 0.1) is 5.82 Å². The van der Waals surface area contributed by atoms with Crippen molar-refractivity contribution in [3.8, 4) is 11.5 Å². The highest BCUT2D eigenvalue weighted by atomic mass is 79.9. The van der Waals surface area contributed by atoms with Crippen LogP contribution in [0.4, 0.5) is 4.39 Å². The molecule has 34 heavy (non-hydrogen) atoms. The van der Waals surface area contributed by atoms with E-state index in [0.717, 1.165) is 0 Å². The number of hydrogen-bond donors (Lipinski definition) is 3. The number of hydrogen-bond acceptors (Lipinski definition) is 7. The first kappa shape index (κ1) is 23.7. The molecule has 2 heterocycles. The molecule has 3 aromatic rings. The van der Waals surface area contributed by atoms with Gasteiger partial charge in [-0.05, 0) is 53.4 Å². The number of halogens is 2. The number of ether oxygens (including phenoxy) is 1. The molecule has 4 rings (SSSR count). The lowest BCUT2D eigenvalue weighted by atomic mass is 10.1. The summed E-state index contributed by atoms with van der Waals surface area (Å²) in [5.74, 6) is -0.908. The van der Waals surface area contributed by atoms with Gasteiger partial charge in [0.25, 0.3) is 5.91 Å². The molecule has 1 aromatic carbocycles. The lowest BCUT2D eigenvalue weighted by Gasteiger charge is -2.17. The summed E-state index contributed by atoms with van der Waals surface area (Å²) in [6.45, 7) is 1.50. The highest BCUT2D eigenvalue weighted by Gasteiger charge is 2.51. The van der Waals surface area contributed by atoms with Gasteiger partial charge in [0.2, 0.25) is 5.91 Å². The van der Waals surface area contributed by atoms with Crippen molar-refractivity contribution in [1.29, 1.82) is 0 Å². The van der Waals surface area contributed by atoms with E-state index >= 15 is 0 Å². The first-order valence-corrected chi connectivity index (χ1v) is 11.2. The molecule has 2 aromatic heterocycles. The maximum Gasteiger partial charge on any atom is 0.255 e. The summed E-state index contributed by atoms with van der Waals surface area (Å²) in [6.07, 6.45) is 5.70. The van der Waals surface area contributed by atoms with Crippen LogP contribution in [0.2, 0.25) is 0 Å². The van der Waals surface area contributed by atoms with Gasteiger partial charge in [0, 0.05) is 18.5 Å². The fourth-order valence-electron chi connectivity index (χ4n) is 3.19. The highest BCUT2D eigenvalue weighted by molar-refractivity contribution is 9.10. The van der Waals surface area contributed by atoms with Crippen LogP contribution in [-0.2, 0) is 11.3 Å². The third kappa shape index (κ3) is 5.37. The molecule has 3 N–H and O–H groups in total. The zero-order valence-electron chi connectivity index (χ0n) is 18.1. The molecule has 1 aliphatic carbocycles. The Morgan fingerprint density at radius 2 is 1.97 bits per heavy atom. The molecule has 176 valence electrons. The van der Waals surface area contributed by atoms with Crippen LogP contribution in [0.5, 0.6) is 11.5 Å². The van der Waals surface area contributed by atoms with E-state index in [4.69, 9.17) is 4.74 Å². The quantitative estimate of drug-likeness (QED) is 0.409. The third-order valence-electron chi connectivity index (χ3n) is 5.34. The predicted molar refractivity (Wildman–Crippen MR) is 122 cm³/mol. The molecule has 1 unspecified atom stereocenters. The van der Waals surface area contributed by atoms with Crippen molar-refractivity contribution < 1.29 is 23.8 Å². The van der Waals surface area contributed by atoms with Crippen LogP contribution in [0.25, 0.3) is 0 Å². The Morgan fingerprint density at radius 1 is 1.24 bits per heavy atom. The maximum atomic E-state index is 14.6. The van der Waals surface area contributed by atoms with Crippen LogP contribution in [0.3, 0.4) is 0 Å². The van der Waals surface area contributed by atoms with Crippen molar-refractivity contribution in [2.75, 3.05) is 0 Å². The van der Waals surface area contributed by atoms with Gasteiger partial charge >= 0.3 is 0 Å². The summed E-state index contributed by atoms with van der Waals surface area (Å²) in [5.41, 5.74) is -0.0482. The van der Waals surface area contributed by atoms with Gasteiger partial charge in [-0.25, -0.2) is 14.4 Å². The third-order valence-corrected chi connectivity index (χ3v) is 5.95. The number of carbonyl (C=O) groups is 2. The van der Waals surface area contributed by atoms with Gasteiger partial charge in [-0.1, -0.05) is 6.07 Å². The Bertz CT molecular complexity index is 1220. The molecule has 0 radical (unpaired) electrons. The largest absolute Gasteiger partial charge is 0.454 e. The zero-order valence-corrected chi connectivity index (χ0v) is 19.7. The smallest absolute Gasteiger partial charge is 0.255 e. The zero-order chi connectivity index (χ0) is 24.3. The van der Waals surface area contributed by atoms with Gasteiger partial charge in [-0.15, -0.1) is 0 Å². The molecule has 0 aliphatic heterocycles. The molecule has 11 heteroatoms. The standard InChI is InChI=1S/C23H21BrFN5O4/c1-13(31)14-2-3-20(17(24)6-14)34-16-7-18(25)19(28-10-16)11-29-22(33)23(4-5-23)30-21(32)15-8-26-12-27-9-15/h2-3,6-10,12-13,31H,4-5,11H2,1H3,(H,29,33)(H,30,32). The number of nitrogens with one attached hydrogen (secondary N) is 2. The molecule has 1 fully saturated rings. The van der Waals surface area contributed by atoms with E-state index in [1.165, 1.54) is 31.0 Å². The molecule has 0 saturated heterocycles. The number of aliphatic hydroxyl groups is 1. The Labute approximate surface area is 202 Å². The van der Waals surface area contributed by atoms with Gasteiger partial charge in [0.05, 0.1) is 34.6 Å². The molecule has 1 saturated carbocycles. The number of nitrogens with zero attached hydrogens (tertiary/aromatic N) is 3. The second kappa shape index (κ2) is 9.82. The first-order valence-electron chi connectivity index (χ1n) is 10.4. The fraction of sp³-hybridized carbons (Fsp3) is 0.261. The fourth-order valence-corrected chi connectivity index (χ4v) is 3.67. The topological polar surface area (TPSA) is 126 Å². The molecular weight excluding hydrogens is 509 g/mol. The SMILES string of the molecule is CC(O)c1ccc(Oc2cnc(CNC(=O)C3(NC(=O)c4cncnc4)CC3)c(F)c2)c(Br)c1. The van der Waals surface area contributed by atoms with Crippen molar-refractivity contribution in [3.63, 3.8) is 0 Å². The second-order valence-corrected chi connectivity index (χ2v) is 8.77. The number of aliphatic hydroxyl groups excluding tert-OH is 1. The van der Waals surface area contributed by atoms with Crippen molar-refractivity contribution in [2.45, 2.75) is 38.0 Å². The summed E-state index contributed by atoms with van der Waals surface area (Å²) in [5, 5.41) is 15.0. The molecule has 0 spiro atoms. The number of pyridine rings is 1. The van der Waals surface area contributed by atoms with E-state index in [9.17, 15) is 19.1 Å². The molecule has 2 amide bonds. The van der Waals surface area contributed by atoms with E-state index in [-0.39, 0.29) is 23.6 Å². The summed E-state index contributed by atoms with van der Waals surface area (Å²) in [6, 6.07) is 6.25. The summed E-state index contributed by atoms with van der Waals surface area (Å²) in [7, 11) is 0. The number of amides is 2. The van der Waals surface area contributed by atoms with E-state index in [1.807, 2.05) is 0 Å². The van der Waals surface area contributed by atoms with Gasteiger partial charge in [-0.3, -0.25) is 14.6 Å². The van der Waals surface area contributed by atoms with Crippen LogP contribution in [0.1, 0.15) is 47.5 Å². The van der Waals surface area contributed by atoms with E-state index in [0.29, 0.717) is 28.6 Å². The molecular formula is C23H21BrFN5O4. The van der Waals surface area contributed by atoms with E-state index in [2.05, 4.69) is 41.5 Å². The summed E-state index contributed by atoms with van der Waals surface area (Å²) < 4.78 is 20.9. The maximum absolute atomic E-state index is 14.6. The minimum atomic E-state index is -1.03. The predicted octanol–water partition coefficient (Wildman–Crippen LogP) is 3.20. The van der Waals surface area contributed by atoms with Crippen molar-refractivity contribution in [2.24, 2.45) is 0 Å². The Balaban J connectivity index is 1.36. The first-order chi connectivity index (χ1) is 16.3. The minimum absolute atomic E-state index is 0.0304. The Kier molecular flexibility index (Phi) is 6.85. The summed E-state index contributed by atoms with van der Waals surface area (Å²) >= 11 is 3.37. The van der Waals surface area contributed by atoms with E-state index < -0.39 is 29.3 Å². The molecule has 1 aliphatic rings. The van der Waals surface area contributed by atoms with Crippen LogP contribution < -0.4 is 15.4 Å². The Morgan fingerprint density at radius 3 is 2.59 bits per heavy atom. The van der Waals surface area contributed by atoms with Gasteiger partial charge < -0.3 is 20.5 Å². The number of aromatic nitrogens is 3. The molecule has 9 nitrogen and oxygen atoms in total. The van der Waals surface area contributed by atoms with Crippen LogP contribution >= 0.6 is 15.9 Å². The van der Waals surface area contributed by atoms with Crippen LogP contribution in [-0.4, -0.2) is 37.4 Å². The second-order valence-electron chi connectivity index (χ2n) is 7.91. The van der Waals surface area contributed by atoms with Gasteiger partial charge in [0.15, 0.2) is 0 Å². The lowest BCUT2D eigenvalue weighted by molar-refractivity contribution is -0.124. The number of benzene rings is 1. The van der Waals surface area contributed by atoms with Crippen molar-refractivity contribution in [3.05, 3.63) is 76.3 Å². The molecule has 0 bridgehead atoms. The van der Waals surface area contributed by atoms with Gasteiger partial charge in [0.1, 0.15) is 29.2 Å². The van der Waals surface area contributed by atoms with Crippen molar-refractivity contribution >= 4 is 27.7 Å². The molecule has 1 atom stereocenters. The van der Waals surface area contributed by atoms with Gasteiger partial charge in [-0.2, -0.15) is 0 Å². The highest BCUT2D eigenvalue weighted by Crippen LogP contribution is 2.36.